The summed E-state index contributed by atoms with van der Waals surface area (Å²) in [6.45, 7) is 2.13. The second-order valence-corrected chi connectivity index (χ2v) is 12.2. The van der Waals surface area contributed by atoms with E-state index in [4.69, 9.17) is 27.9 Å². The van der Waals surface area contributed by atoms with Crippen LogP contribution in [0, 0.1) is 5.92 Å². The highest BCUT2D eigenvalue weighted by Crippen LogP contribution is 2.38. The first-order valence-electron chi connectivity index (χ1n) is 11.9. The molecule has 2 aliphatic rings. The van der Waals surface area contributed by atoms with Crippen molar-refractivity contribution in [1.82, 2.24) is 19.1 Å². The maximum Gasteiger partial charge on any atom is 0.417 e. The number of aromatic nitrogens is 1. The molecule has 0 aliphatic carbocycles. The molecule has 0 bridgehead atoms. The van der Waals surface area contributed by atoms with Gasteiger partial charge in [-0.2, -0.15) is 17.5 Å². The topological polar surface area (TPSA) is 83.1 Å². The Labute approximate surface area is 229 Å². The van der Waals surface area contributed by atoms with Crippen LogP contribution in [0.25, 0.3) is 0 Å². The minimum Gasteiger partial charge on any atom is -0.478 e. The van der Waals surface area contributed by atoms with Crippen molar-refractivity contribution in [2.24, 2.45) is 5.92 Å². The number of halogens is 5. The van der Waals surface area contributed by atoms with Crippen molar-refractivity contribution in [3.63, 3.8) is 0 Å². The van der Waals surface area contributed by atoms with Gasteiger partial charge in [0.05, 0.1) is 28.5 Å². The summed E-state index contributed by atoms with van der Waals surface area (Å²) in [6, 6.07) is 7.27. The summed E-state index contributed by atoms with van der Waals surface area (Å²) in [5, 5.41) is 0.813. The highest BCUT2D eigenvalue weighted by Gasteiger charge is 2.39. The van der Waals surface area contributed by atoms with E-state index in [0.29, 0.717) is 42.6 Å². The van der Waals surface area contributed by atoms with Crippen molar-refractivity contribution in [2.75, 3.05) is 52.1 Å². The van der Waals surface area contributed by atoms with E-state index < -0.39 is 21.8 Å². The lowest BCUT2D eigenvalue weighted by atomic mass is 9.87. The molecule has 8 nitrogen and oxygen atoms in total. The summed E-state index contributed by atoms with van der Waals surface area (Å²) >= 11 is 12.3. The molecule has 3 heterocycles. The summed E-state index contributed by atoms with van der Waals surface area (Å²) < 4.78 is 68.9. The number of rotatable bonds is 6. The number of pyridine rings is 1. The highest BCUT2D eigenvalue weighted by molar-refractivity contribution is 7.88. The number of benzene rings is 1. The Bertz CT molecular complexity index is 1260. The van der Waals surface area contributed by atoms with Crippen LogP contribution in [-0.4, -0.2) is 85.7 Å². The fraction of sp³-hybridized carbons (Fsp3) is 0.500. The molecule has 4 rings (SSSR count). The molecular weight excluding hydrogens is 568 g/mol. The first-order chi connectivity index (χ1) is 17.8. The molecule has 208 valence electrons. The summed E-state index contributed by atoms with van der Waals surface area (Å²) in [6.07, 6.45) is -2.08. The standard InChI is InChI=1S/C24H27Cl2F3N4O4S/c1-38(35,36)33-9-7-31(8-10-33)23(34)32-14-17(19(15-32)16-2-4-20(25)21(26)12-16)6-11-37-22-5-3-18(13-30-22)24(27,28)29/h2-5,12-13,17,19H,6-11,14-15H2,1H3. The second-order valence-electron chi connectivity index (χ2n) is 9.40. The third kappa shape index (κ3) is 6.83. The molecule has 2 atom stereocenters. The number of carbonyl (C=O) groups is 1. The fourth-order valence-corrected chi connectivity index (χ4v) is 5.93. The predicted molar refractivity (Wildman–Crippen MR) is 137 cm³/mol. The lowest BCUT2D eigenvalue weighted by Crippen LogP contribution is -2.53. The molecule has 2 amide bonds. The van der Waals surface area contributed by atoms with Gasteiger partial charge in [0, 0.05) is 57.4 Å². The average molecular weight is 595 g/mol. The first kappa shape index (κ1) is 28.7. The molecule has 1 aromatic carbocycles. The van der Waals surface area contributed by atoms with E-state index in [0.717, 1.165) is 24.1 Å². The first-order valence-corrected chi connectivity index (χ1v) is 14.5. The van der Waals surface area contributed by atoms with Crippen LogP contribution in [-0.2, 0) is 16.2 Å². The Morgan fingerprint density at radius 3 is 2.34 bits per heavy atom. The minimum atomic E-state index is -4.48. The zero-order valence-corrected chi connectivity index (χ0v) is 22.8. The number of sulfonamides is 1. The Balaban J connectivity index is 1.43. The van der Waals surface area contributed by atoms with Gasteiger partial charge in [-0.15, -0.1) is 0 Å². The maximum atomic E-state index is 13.3. The molecule has 38 heavy (non-hydrogen) atoms. The normalized spacial score (nSPS) is 21.1. The van der Waals surface area contributed by atoms with Gasteiger partial charge in [0.15, 0.2) is 0 Å². The Hall–Kier alpha value is -2.28. The Kier molecular flexibility index (Phi) is 8.65. The zero-order valence-electron chi connectivity index (χ0n) is 20.5. The number of carbonyl (C=O) groups excluding carboxylic acids is 1. The molecule has 0 radical (unpaired) electrons. The molecule has 14 heteroatoms. The summed E-state index contributed by atoms with van der Waals surface area (Å²) in [5.74, 6) is -0.0168. The van der Waals surface area contributed by atoms with E-state index in [-0.39, 0.29) is 43.4 Å². The Morgan fingerprint density at radius 1 is 1.05 bits per heavy atom. The van der Waals surface area contributed by atoms with Crippen LogP contribution in [0.2, 0.25) is 10.0 Å². The Morgan fingerprint density at radius 2 is 1.76 bits per heavy atom. The van der Waals surface area contributed by atoms with E-state index in [1.807, 2.05) is 6.07 Å². The molecule has 0 N–H and O–H groups in total. The van der Waals surface area contributed by atoms with Gasteiger partial charge in [-0.05, 0) is 36.1 Å². The molecule has 1 aromatic heterocycles. The molecule has 2 aliphatic heterocycles. The van der Waals surface area contributed by atoms with Crippen molar-refractivity contribution < 1.29 is 31.1 Å². The molecule has 2 fully saturated rings. The quantitative estimate of drug-likeness (QED) is 0.488. The zero-order chi connectivity index (χ0) is 27.7. The lowest BCUT2D eigenvalue weighted by molar-refractivity contribution is -0.137. The molecule has 2 unspecified atom stereocenters. The minimum absolute atomic E-state index is 0.0250. The third-order valence-electron chi connectivity index (χ3n) is 6.86. The van der Waals surface area contributed by atoms with Crippen molar-refractivity contribution in [2.45, 2.75) is 18.5 Å². The third-order valence-corrected chi connectivity index (χ3v) is 8.91. The number of hydrogen-bond acceptors (Lipinski definition) is 5. The monoisotopic (exact) mass is 594 g/mol. The van der Waals surface area contributed by atoms with Gasteiger partial charge in [-0.3, -0.25) is 0 Å². The second kappa shape index (κ2) is 11.4. The van der Waals surface area contributed by atoms with E-state index in [1.165, 1.54) is 10.4 Å². The summed E-state index contributed by atoms with van der Waals surface area (Å²) in [4.78, 5) is 20.4. The van der Waals surface area contributed by atoms with Crippen LogP contribution in [0.1, 0.15) is 23.5 Å². The molecule has 2 aromatic rings. The number of alkyl halides is 3. The van der Waals surface area contributed by atoms with Crippen LogP contribution in [0.4, 0.5) is 18.0 Å². The molecule has 2 saturated heterocycles. The number of likely N-dealkylation sites (tertiary alicyclic amines) is 1. The van der Waals surface area contributed by atoms with E-state index >= 15 is 0 Å². The van der Waals surface area contributed by atoms with Gasteiger partial charge in [-0.1, -0.05) is 29.3 Å². The van der Waals surface area contributed by atoms with Crippen molar-refractivity contribution in [3.8, 4) is 5.88 Å². The van der Waals surface area contributed by atoms with E-state index in [2.05, 4.69) is 4.98 Å². The number of ether oxygens (including phenoxy) is 1. The number of piperazine rings is 1. The van der Waals surface area contributed by atoms with Gasteiger partial charge in [-0.25, -0.2) is 18.2 Å². The van der Waals surface area contributed by atoms with Crippen LogP contribution in [0.3, 0.4) is 0 Å². The van der Waals surface area contributed by atoms with Gasteiger partial charge < -0.3 is 14.5 Å². The van der Waals surface area contributed by atoms with E-state index in [1.54, 1.807) is 21.9 Å². The maximum absolute atomic E-state index is 13.3. The van der Waals surface area contributed by atoms with Crippen LogP contribution in [0.15, 0.2) is 36.5 Å². The average Bonchev–Trinajstić information content (AvgIpc) is 3.29. The number of hydrogen-bond donors (Lipinski definition) is 0. The lowest BCUT2D eigenvalue weighted by Gasteiger charge is -2.35. The molecule has 0 saturated carbocycles. The summed E-state index contributed by atoms with van der Waals surface area (Å²) in [5.41, 5.74) is 0.0566. The highest BCUT2D eigenvalue weighted by atomic mass is 35.5. The van der Waals surface area contributed by atoms with Gasteiger partial charge >= 0.3 is 12.2 Å². The van der Waals surface area contributed by atoms with Crippen LogP contribution in [0.5, 0.6) is 5.88 Å². The number of nitrogens with zero attached hydrogens (tertiary/aromatic N) is 4. The summed E-state index contributed by atoms with van der Waals surface area (Å²) in [7, 11) is -3.31. The molecule has 0 spiro atoms. The SMILES string of the molecule is CS(=O)(=O)N1CCN(C(=O)N2CC(CCOc3ccc(C(F)(F)F)cn3)C(c3ccc(Cl)c(Cl)c3)C2)CC1. The van der Waals surface area contributed by atoms with Crippen LogP contribution < -0.4 is 4.74 Å². The van der Waals surface area contributed by atoms with Crippen molar-refractivity contribution in [3.05, 3.63) is 57.7 Å². The number of amides is 2. The molecular formula is C24H27Cl2F3N4O4S. The smallest absolute Gasteiger partial charge is 0.417 e. The van der Waals surface area contributed by atoms with Gasteiger partial charge in [0.1, 0.15) is 0 Å². The fourth-order valence-electron chi connectivity index (χ4n) is 4.80. The van der Waals surface area contributed by atoms with Gasteiger partial charge in [0.2, 0.25) is 15.9 Å². The number of urea groups is 1. The van der Waals surface area contributed by atoms with Crippen molar-refractivity contribution >= 4 is 39.3 Å². The largest absolute Gasteiger partial charge is 0.478 e. The van der Waals surface area contributed by atoms with E-state index in [9.17, 15) is 26.4 Å². The van der Waals surface area contributed by atoms with Crippen molar-refractivity contribution in [1.29, 1.82) is 0 Å². The van der Waals surface area contributed by atoms with Crippen LogP contribution >= 0.6 is 23.2 Å². The van der Waals surface area contributed by atoms with Gasteiger partial charge in [0.25, 0.3) is 0 Å². The predicted octanol–water partition coefficient (Wildman–Crippen LogP) is 4.59.